The van der Waals surface area contributed by atoms with E-state index in [1.54, 1.807) is 0 Å². The molecular weight excluding hydrogens is 188 g/mol. The fourth-order valence-electron chi connectivity index (χ4n) is 2.14. The van der Waals surface area contributed by atoms with Gasteiger partial charge in [-0.15, -0.1) is 0 Å². The van der Waals surface area contributed by atoms with E-state index in [1.165, 1.54) is 0 Å². The van der Waals surface area contributed by atoms with E-state index in [1.807, 2.05) is 11.8 Å². The third kappa shape index (κ3) is 2.33. The van der Waals surface area contributed by atoms with Crippen LogP contribution in [0.4, 0.5) is 0 Å². The van der Waals surface area contributed by atoms with Gasteiger partial charge in [0.15, 0.2) is 0 Å². The zero-order valence-corrected chi connectivity index (χ0v) is 10.4. The van der Waals surface area contributed by atoms with Gasteiger partial charge in [-0.1, -0.05) is 20.8 Å². The molecule has 1 saturated heterocycles. The third-order valence-corrected chi connectivity index (χ3v) is 3.84. The molecule has 1 heterocycles. The molecule has 0 aromatic carbocycles. The highest BCUT2D eigenvalue weighted by Gasteiger charge is 2.40. The lowest BCUT2D eigenvalue weighted by Crippen LogP contribution is -2.52. The Labute approximate surface area is 93.0 Å². The first-order valence-electron chi connectivity index (χ1n) is 5.94. The van der Waals surface area contributed by atoms with Crippen LogP contribution in [0, 0.1) is 11.8 Å². The van der Waals surface area contributed by atoms with Crippen molar-refractivity contribution in [2.45, 2.75) is 46.1 Å². The average molecular weight is 212 g/mol. The lowest BCUT2D eigenvalue weighted by Gasteiger charge is -2.36. The largest absolute Gasteiger partial charge is 0.336 e. The first kappa shape index (κ1) is 12.5. The minimum absolute atomic E-state index is 0.0970. The van der Waals surface area contributed by atoms with Crippen molar-refractivity contribution >= 4 is 5.91 Å². The molecule has 0 aromatic heterocycles. The standard InChI is InChI=1S/C12H24N2O/c1-9(2)10(3)11(15)14-7-5-6-12(14,4)8-13/h9-10H,5-8,13H2,1-4H3. The Bertz CT molecular complexity index is 240. The monoisotopic (exact) mass is 212 g/mol. The smallest absolute Gasteiger partial charge is 0.226 e. The van der Waals surface area contributed by atoms with E-state index in [4.69, 9.17) is 5.73 Å². The summed E-state index contributed by atoms with van der Waals surface area (Å²) >= 11 is 0. The molecule has 2 N–H and O–H groups in total. The molecule has 1 rings (SSSR count). The van der Waals surface area contributed by atoms with E-state index in [0.717, 1.165) is 19.4 Å². The van der Waals surface area contributed by atoms with Crippen molar-refractivity contribution < 1.29 is 4.79 Å². The van der Waals surface area contributed by atoms with Crippen molar-refractivity contribution in [1.29, 1.82) is 0 Å². The zero-order chi connectivity index (χ0) is 11.6. The van der Waals surface area contributed by atoms with E-state index in [0.29, 0.717) is 12.5 Å². The summed E-state index contributed by atoms with van der Waals surface area (Å²) in [6, 6.07) is 0. The van der Waals surface area contributed by atoms with Crippen LogP contribution < -0.4 is 5.73 Å². The number of likely N-dealkylation sites (tertiary alicyclic amines) is 1. The molecular formula is C12H24N2O. The number of hydrogen-bond donors (Lipinski definition) is 1. The highest BCUT2D eigenvalue weighted by atomic mass is 16.2. The molecule has 3 heteroatoms. The summed E-state index contributed by atoms with van der Waals surface area (Å²) in [5.41, 5.74) is 5.68. The Morgan fingerprint density at radius 1 is 1.47 bits per heavy atom. The van der Waals surface area contributed by atoms with Gasteiger partial charge in [-0.25, -0.2) is 0 Å². The zero-order valence-electron chi connectivity index (χ0n) is 10.4. The maximum atomic E-state index is 12.2. The SMILES string of the molecule is CC(C)C(C)C(=O)N1CCCC1(C)CN. The van der Waals surface area contributed by atoms with Crippen molar-refractivity contribution in [2.24, 2.45) is 17.6 Å². The Hall–Kier alpha value is -0.570. The molecule has 0 saturated carbocycles. The van der Waals surface area contributed by atoms with Crippen LogP contribution in [0.15, 0.2) is 0 Å². The van der Waals surface area contributed by atoms with Crippen LogP contribution in [0.2, 0.25) is 0 Å². The van der Waals surface area contributed by atoms with Crippen molar-refractivity contribution in [1.82, 2.24) is 4.90 Å². The summed E-state index contributed by atoms with van der Waals surface area (Å²) in [6.07, 6.45) is 2.13. The maximum Gasteiger partial charge on any atom is 0.226 e. The Morgan fingerprint density at radius 2 is 2.07 bits per heavy atom. The predicted molar refractivity (Wildman–Crippen MR) is 62.4 cm³/mol. The quantitative estimate of drug-likeness (QED) is 0.772. The van der Waals surface area contributed by atoms with Crippen LogP contribution in [-0.2, 0) is 4.79 Å². The number of carbonyl (C=O) groups is 1. The van der Waals surface area contributed by atoms with Gasteiger partial charge in [0.25, 0.3) is 0 Å². The predicted octanol–water partition coefficient (Wildman–Crippen LogP) is 1.62. The minimum atomic E-state index is -0.0970. The number of hydrogen-bond acceptors (Lipinski definition) is 2. The first-order valence-corrected chi connectivity index (χ1v) is 5.94. The van der Waals surface area contributed by atoms with Crippen LogP contribution >= 0.6 is 0 Å². The second-order valence-corrected chi connectivity index (χ2v) is 5.33. The fraction of sp³-hybridized carbons (Fsp3) is 0.917. The molecule has 1 aliphatic rings. The minimum Gasteiger partial charge on any atom is -0.336 e. The molecule has 88 valence electrons. The molecule has 1 aliphatic heterocycles. The van der Waals surface area contributed by atoms with Gasteiger partial charge in [-0.3, -0.25) is 4.79 Å². The Morgan fingerprint density at radius 3 is 2.53 bits per heavy atom. The second kappa shape index (κ2) is 4.52. The molecule has 1 fully saturated rings. The van der Waals surface area contributed by atoms with Gasteiger partial charge in [-0.2, -0.15) is 0 Å². The van der Waals surface area contributed by atoms with E-state index in [9.17, 15) is 4.79 Å². The second-order valence-electron chi connectivity index (χ2n) is 5.33. The summed E-state index contributed by atoms with van der Waals surface area (Å²) < 4.78 is 0. The van der Waals surface area contributed by atoms with Crippen LogP contribution in [-0.4, -0.2) is 29.4 Å². The lowest BCUT2D eigenvalue weighted by atomic mass is 9.93. The van der Waals surface area contributed by atoms with Crippen molar-refractivity contribution in [3.8, 4) is 0 Å². The van der Waals surface area contributed by atoms with E-state index >= 15 is 0 Å². The summed E-state index contributed by atoms with van der Waals surface area (Å²) in [4.78, 5) is 14.2. The molecule has 3 nitrogen and oxygen atoms in total. The Kier molecular flexibility index (Phi) is 3.77. The van der Waals surface area contributed by atoms with Crippen LogP contribution in [0.25, 0.3) is 0 Å². The average Bonchev–Trinajstić information content (AvgIpc) is 2.59. The Balaban J connectivity index is 2.75. The summed E-state index contributed by atoms with van der Waals surface area (Å²) in [7, 11) is 0. The molecule has 2 unspecified atom stereocenters. The highest BCUT2D eigenvalue weighted by Crippen LogP contribution is 2.30. The highest BCUT2D eigenvalue weighted by molar-refractivity contribution is 5.79. The van der Waals surface area contributed by atoms with Gasteiger partial charge in [0.1, 0.15) is 0 Å². The van der Waals surface area contributed by atoms with E-state index < -0.39 is 0 Å². The van der Waals surface area contributed by atoms with Gasteiger partial charge in [0.05, 0.1) is 5.54 Å². The number of nitrogens with zero attached hydrogens (tertiary/aromatic N) is 1. The lowest BCUT2D eigenvalue weighted by molar-refractivity contribution is -0.139. The molecule has 15 heavy (non-hydrogen) atoms. The van der Waals surface area contributed by atoms with Crippen LogP contribution in [0.5, 0.6) is 0 Å². The third-order valence-electron chi connectivity index (χ3n) is 3.84. The molecule has 2 atom stereocenters. The van der Waals surface area contributed by atoms with Crippen molar-refractivity contribution in [2.75, 3.05) is 13.1 Å². The normalized spacial score (nSPS) is 28.5. The number of rotatable bonds is 3. The molecule has 0 radical (unpaired) electrons. The van der Waals surface area contributed by atoms with Gasteiger partial charge in [-0.05, 0) is 25.7 Å². The van der Waals surface area contributed by atoms with E-state index in [-0.39, 0.29) is 17.4 Å². The summed E-state index contributed by atoms with van der Waals surface area (Å²) in [5.74, 6) is 0.782. The van der Waals surface area contributed by atoms with E-state index in [2.05, 4.69) is 20.8 Å². The molecule has 0 aromatic rings. The van der Waals surface area contributed by atoms with Gasteiger partial charge in [0.2, 0.25) is 5.91 Å². The topological polar surface area (TPSA) is 46.3 Å². The van der Waals surface area contributed by atoms with Gasteiger partial charge in [0, 0.05) is 19.0 Å². The molecule has 0 spiro atoms. The van der Waals surface area contributed by atoms with Gasteiger partial charge < -0.3 is 10.6 Å². The van der Waals surface area contributed by atoms with Crippen LogP contribution in [0.3, 0.4) is 0 Å². The van der Waals surface area contributed by atoms with Crippen molar-refractivity contribution in [3.63, 3.8) is 0 Å². The number of nitrogens with two attached hydrogens (primary N) is 1. The summed E-state index contributed by atoms with van der Waals surface area (Å²) in [6.45, 7) is 9.76. The molecule has 0 bridgehead atoms. The van der Waals surface area contributed by atoms with Crippen molar-refractivity contribution in [3.05, 3.63) is 0 Å². The maximum absolute atomic E-state index is 12.2. The summed E-state index contributed by atoms with van der Waals surface area (Å²) in [5, 5.41) is 0. The fourth-order valence-corrected chi connectivity index (χ4v) is 2.14. The molecule has 1 amide bonds. The number of carbonyl (C=O) groups excluding carboxylic acids is 1. The van der Waals surface area contributed by atoms with Gasteiger partial charge >= 0.3 is 0 Å². The first-order chi connectivity index (χ1) is 6.92. The number of amides is 1. The molecule has 0 aliphatic carbocycles. The van der Waals surface area contributed by atoms with Crippen LogP contribution in [0.1, 0.15) is 40.5 Å².